The number of nitro groups is 1. The molecule has 1 saturated carbocycles. The van der Waals surface area contributed by atoms with E-state index in [9.17, 15) is 10.1 Å². The molecule has 0 spiro atoms. The van der Waals surface area contributed by atoms with E-state index in [4.69, 9.17) is 0 Å². The van der Waals surface area contributed by atoms with Crippen LogP contribution in [0.2, 0.25) is 0 Å². The molecule has 0 bridgehead atoms. The first-order valence-electron chi connectivity index (χ1n) is 6.94. The molecular formula is C14H21N3O2. The molecule has 0 aromatic heterocycles. The zero-order chi connectivity index (χ0) is 13.8. The molecule has 1 aliphatic carbocycles. The molecule has 2 unspecified atom stereocenters. The summed E-state index contributed by atoms with van der Waals surface area (Å²) in [4.78, 5) is 10.6. The van der Waals surface area contributed by atoms with E-state index in [1.807, 2.05) is 6.07 Å². The maximum atomic E-state index is 11.0. The van der Waals surface area contributed by atoms with Crippen LogP contribution in [0.4, 0.5) is 17.1 Å². The smallest absolute Gasteiger partial charge is 0.273 e. The molecule has 0 radical (unpaired) electrons. The third kappa shape index (κ3) is 3.59. The molecule has 1 fully saturated rings. The quantitative estimate of drug-likeness (QED) is 0.582. The Morgan fingerprint density at radius 2 is 2.05 bits per heavy atom. The van der Waals surface area contributed by atoms with Gasteiger partial charge in [-0.1, -0.05) is 20.3 Å². The lowest BCUT2D eigenvalue weighted by Gasteiger charge is -2.10. The van der Waals surface area contributed by atoms with Gasteiger partial charge in [0.1, 0.15) is 0 Å². The molecule has 2 rings (SSSR count). The largest absolute Gasteiger partial charge is 0.385 e. The maximum Gasteiger partial charge on any atom is 0.273 e. The highest BCUT2D eigenvalue weighted by Crippen LogP contribution is 2.37. The van der Waals surface area contributed by atoms with E-state index in [2.05, 4.69) is 24.5 Å². The number of rotatable bonds is 7. The predicted octanol–water partition coefficient (Wildman–Crippen LogP) is 3.63. The van der Waals surface area contributed by atoms with Crippen molar-refractivity contribution in [2.75, 3.05) is 17.2 Å². The second kappa shape index (κ2) is 5.91. The third-order valence-electron chi connectivity index (χ3n) is 3.51. The first kappa shape index (κ1) is 13.6. The molecule has 104 valence electrons. The lowest BCUT2D eigenvalue weighted by atomic mass is 10.2. The van der Waals surface area contributed by atoms with E-state index in [0.29, 0.717) is 12.0 Å². The Balaban J connectivity index is 2.12. The van der Waals surface area contributed by atoms with E-state index < -0.39 is 0 Å². The Morgan fingerprint density at radius 1 is 1.32 bits per heavy atom. The van der Waals surface area contributed by atoms with E-state index in [1.54, 1.807) is 12.1 Å². The molecule has 2 atom stereocenters. The van der Waals surface area contributed by atoms with E-state index >= 15 is 0 Å². The van der Waals surface area contributed by atoms with Gasteiger partial charge in [-0.25, -0.2) is 0 Å². The Bertz CT molecular complexity index is 462. The first-order valence-corrected chi connectivity index (χ1v) is 6.94. The van der Waals surface area contributed by atoms with Crippen LogP contribution in [0.25, 0.3) is 0 Å². The summed E-state index contributed by atoms with van der Waals surface area (Å²) in [6.45, 7) is 5.06. The lowest BCUT2D eigenvalue weighted by molar-refractivity contribution is -0.384. The number of nitrogens with zero attached hydrogens (tertiary/aromatic N) is 1. The van der Waals surface area contributed by atoms with Gasteiger partial charge in [-0.15, -0.1) is 0 Å². The van der Waals surface area contributed by atoms with Crippen LogP contribution >= 0.6 is 0 Å². The van der Waals surface area contributed by atoms with Gasteiger partial charge in [0, 0.05) is 36.1 Å². The van der Waals surface area contributed by atoms with Crippen molar-refractivity contribution < 1.29 is 4.92 Å². The minimum Gasteiger partial charge on any atom is -0.385 e. The monoisotopic (exact) mass is 263 g/mol. The number of anilines is 2. The zero-order valence-corrected chi connectivity index (χ0v) is 11.5. The molecule has 1 aliphatic rings. The molecule has 0 heterocycles. The maximum absolute atomic E-state index is 11.0. The number of benzene rings is 1. The fourth-order valence-corrected chi connectivity index (χ4v) is 2.26. The average molecular weight is 263 g/mol. The minimum atomic E-state index is -0.341. The Kier molecular flexibility index (Phi) is 4.24. The summed E-state index contributed by atoms with van der Waals surface area (Å²) in [5.74, 6) is 0.714. The summed E-state index contributed by atoms with van der Waals surface area (Å²) in [5.41, 5.74) is 1.79. The van der Waals surface area contributed by atoms with E-state index in [0.717, 1.165) is 37.2 Å². The molecule has 0 amide bonds. The summed E-state index contributed by atoms with van der Waals surface area (Å²) < 4.78 is 0. The van der Waals surface area contributed by atoms with Crippen LogP contribution in [-0.2, 0) is 0 Å². The summed E-state index contributed by atoms with van der Waals surface area (Å²) in [6, 6.07) is 5.63. The van der Waals surface area contributed by atoms with Gasteiger partial charge >= 0.3 is 0 Å². The van der Waals surface area contributed by atoms with Crippen molar-refractivity contribution in [1.82, 2.24) is 0 Å². The summed E-state index contributed by atoms with van der Waals surface area (Å²) in [7, 11) is 0. The Labute approximate surface area is 113 Å². The highest BCUT2D eigenvalue weighted by molar-refractivity contribution is 5.64. The summed E-state index contributed by atoms with van der Waals surface area (Å²) in [5, 5.41) is 17.5. The molecule has 5 nitrogen and oxygen atoms in total. The van der Waals surface area contributed by atoms with Gasteiger partial charge in [-0.05, 0) is 24.8 Å². The minimum absolute atomic E-state index is 0.136. The summed E-state index contributed by atoms with van der Waals surface area (Å²) in [6.07, 6.45) is 3.32. The molecule has 19 heavy (non-hydrogen) atoms. The fraction of sp³-hybridized carbons (Fsp3) is 0.571. The second-order valence-electron chi connectivity index (χ2n) is 5.11. The number of nitrogens with one attached hydrogen (secondary N) is 2. The second-order valence-corrected chi connectivity index (χ2v) is 5.11. The molecule has 5 heteroatoms. The average Bonchev–Trinajstić information content (AvgIpc) is 3.14. The van der Waals surface area contributed by atoms with Gasteiger partial charge in [-0.3, -0.25) is 10.1 Å². The number of non-ortho nitro benzene ring substituents is 1. The van der Waals surface area contributed by atoms with Crippen molar-refractivity contribution >= 4 is 17.1 Å². The molecule has 0 aliphatic heterocycles. The molecule has 2 N–H and O–H groups in total. The van der Waals surface area contributed by atoms with Gasteiger partial charge in [0.15, 0.2) is 0 Å². The van der Waals surface area contributed by atoms with Crippen molar-refractivity contribution in [3.63, 3.8) is 0 Å². The first-order chi connectivity index (χ1) is 9.13. The lowest BCUT2D eigenvalue weighted by Crippen LogP contribution is -2.06. The van der Waals surface area contributed by atoms with Gasteiger partial charge in [0.05, 0.1) is 4.92 Å². The van der Waals surface area contributed by atoms with Gasteiger partial charge in [0.25, 0.3) is 5.69 Å². The van der Waals surface area contributed by atoms with Crippen LogP contribution in [0.1, 0.15) is 33.1 Å². The van der Waals surface area contributed by atoms with Gasteiger partial charge in [0.2, 0.25) is 0 Å². The third-order valence-corrected chi connectivity index (χ3v) is 3.51. The zero-order valence-electron chi connectivity index (χ0n) is 11.5. The molecular weight excluding hydrogens is 242 g/mol. The van der Waals surface area contributed by atoms with Crippen LogP contribution in [-0.4, -0.2) is 17.5 Å². The molecule has 0 saturated heterocycles. The normalized spacial score (nSPS) is 20.9. The topological polar surface area (TPSA) is 67.2 Å². The van der Waals surface area contributed by atoms with Crippen LogP contribution in [0, 0.1) is 16.0 Å². The SMILES string of the molecule is CCCNc1cc(NC2CC2CC)cc([N+](=O)[O-])c1. The fourth-order valence-electron chi connectivity index (χ4n) is 2.26. The van der Waals surface area contributed by atoms with Gasteiger partial charge in [-0.2, -0.15) is 0 Å². The molecule has 1 aromatic rings. The Hall–Kier alpha value is -1.78. The predicted molar refractivity (Wildman–Crippen MR) is 77.7 cm³/mol. The molecule has 1 aromatic carbocycles. The van der Waals surface area contributed by atoms with Crippen LogP contribution in [0.5, 0.6) is 0 Å². The van der Waals surface area contributed by atoms with Crippen molar-refractivity contribution in [2.24, 2.45) is 5.92 Å². The van der Waals surface area contributed by atoms with Crippen LogP contribution in [0.15, 0.2) is 18.2 Å². The van der Waals surface area contributed by atoms with Gasteiger partial charge < -0.3 is 10.6 Å². The van der Waals surface area contributed by atoms with Crippen molar-refractivity contribution in [2.45, 2.75) is 39.2 Å². The van der Waals surface area contributed by atoms with Crippen LogP contribution in [0.3, 0.4) is 0 Å². The van der Waals surface area contributed by atoms with E-state index in [-0.39, 0.29) is 10.6 Å². The van der Waals surface area contributed by atoms with Crippen molar-refractivity contribution in [3.8, 4) is 0 Å². The van der Waals surface area contributed by atoms with Crippen LogP contribution < -0.4 is 10.6 Å². The standard InChI is InChI=1S/C14H21N3O2/c1-3-5-15-11-7-12(9-13(8-11)17(18)19)16-14-6-10(14)4-2/h7-10,14-16H,3-6H2,1-2H3. The van der Waals surface area contributed by atoms with E-state index in [1.165, 1.54) is 0 Å². The summed E-state index contributed by atoms with van der Waals surface area (Å²) >= 11 is 0. The number of hydrogen-bond donors (Lipinski definition) is 2. The Morgan fingerprint density at radius 3 is 2.63 bits per heavy atom. The highest BCUT2D eigenvalue weighted by Gasteiger charge is 2.35. The number of nitro benzene ring substituents is 1. The number of hydrogen-bond acceptors (Lipinski definition) is 4. The van der Waals surface area contributed by atoms with Crippen molar-refractivity contribution in [1.29, 1.82) is 0 Å². The van der Waals surface area contributed by atoms with Crippen molar-refractivity contribution in [3.05, 3.63) is 28.3 Å². The highest BCUT2D eigenvalue weighted by atomic mass is 16.6.